The number of ether oxygens (including phenoxy) is 1. The molecule has 0 unspecified atom stereocenters. The first kappa shape index (κ1) is 17.8. The number of hydrogen-bond donors (Lipinski definition) is 1. The molecule has 0 aromatic heterocycles. The molecule has 3 rings (SSSR count). The third kappa shape index (κ3) is 4.33. The molecular formula is C17H25FN2O3S. The van der Waals surface area contributed by atoms with E-state index in [4.69, 9.17) is 4.74 Å². The molecule has 0 saturated carbocycles. The highest BCUT2D eigenvalue weighted by molar-refractivity contribution is 7.89. The monoisotopic (exact) mass is 356 g/mol. The second-order valence-electron chi connectivity index (χ2n) is 6.61. The highest BCUT2D eigenvalue weighted by atomic mass is 32.2. The SMILES string of the molecule is O=S(=O)(NCC1CCN(C2CCOCC2)CC1)c1ccccc1F. The lowest BCUT2D eigenvalue weighted by molar-refractivity contribution is 0.0214. The fraction of sp³-hybridized carbons (Fsp3) is 0.647. The van der Waals surface area contributed by atoms with Gasteiger partial charge in [0, 0.05) is 25.8 Å². The Morgan fingerprint density at radius 1 is 1.12 bits per heavy atom. The zero-order chi connectivity index (χ0) is 17.0. The van der Waals surface area contributed by atoms with Gasteiger partial charge in [-0.1, -0.05) is 12.1 Å². The van der Waals surface area contributed by atoms with Gasteiger partial charge in [-0.25, -0.2) is 17.5 Å². The minimum atomic E-state index is -3.78. The van der Waals surface area contributed by atoms with Crippen LogP contribution in [0.1, 0.15) is 25.7 Å². The molecule has 0 radical (unpaired) electrons. The van der Waals surface area contributed by atoms with E-state index in [2.05, 4.69) is 9.62 Å². The molecule has 1 N–H and O–H groups in total. The second-order valence-corrected chi connectivity index (χ2v) is 8.34. The van der Waals surface area contributed by atoms with Crippen LogP contribution in [0.4, 0.5) is 4.39 Å². The van der Waals surface area contributed by atoms with Gasteiger partial charge in [-0.2, -0.15) is 0 Å². The van der Waals surface area contributed by atoms with Crippen LogP contribution < -0.4 is 4.72 Å². The third-order valence-corrected chi connectivity index (χ3v) is 6.50. The van der Waals surface area contributed by atoms with Gasteiger partial charge in [0.25, 0.3) is 0 Å². The topological polar surface area (TPSA) is 58.6 Å². The van der Waals surface area contributed by atoms with Crippen LogP contribution in [0.25, 0.3) is 0 Å². The smallest absolute Gasteiger partial charge is 0.243 e. The number of nitrogens with one attached hydrogen (secondary N) is 1. The number of benzene rings is 1. The number of sulfonamides is 1. The Balaban J connectivity index is 1.49. The lowest BCUT2D eigenvalue weighted by atomic mass is 9.94. The summed E-state index contributed by atoms with van der Waals surface area (Å²) in [5.74, 6) is -0.401. The van der Waals surface area contributed by atoms with Gasteiger partial charge in [0.2, 0.25) is 10.0 Å². The van der Waals surface area contributed by atoms with E-state index < -0.39 is 15.8 Å². The summed E-state index contributed by atoms with van der Waals surface area (Å²) < 4.78 is 46.1. The maximum atomic E-state index is 13.7. The summed E-state index contributed by atoms with van der Waals surface area (Å²) in [5.41, 5.74) is 0. The maximum absolute atomic E-state index is 13.7. The van der Waals surface area contributed by atoms with Crippen molar-refractivity contribution in [2.24, 2.45) is 5.92 Å². The lowest BCUT2D eigenvalue weighted by Gasteiger charge is -2.39. The minimum absolute atomic E-state index is 0.273. The number of piperidine rings is 1. The second kappa shape index (κ2) is 7.91. The Morgan fingerprint density at radius 2 is 1.79 bits per heavy atom. The van der Waals surface area contributed by atoms with Gasteiger partial charge in [-0.05, 0) is 56.8 Å². The molecule has 1 aromatic rings. The van der Waals surface area contributed by atoms with Gasteiger partial charge >= 0.3 is 0 Å². The van der Waals surface area contributed by atoms with Crippen LogP contribution in [0.5, 0.6) is 0 Å². The van der Waals surface area contributed by atoms with E-state index in [9.17, 15) is 12.8 Å². The summed E-state index contributed by atoms with van der Waals surface area (Å²) in [7, 11) is -3.78. The van der Waals surface area contributed by atoms with Crippen LogP contribution in [-0.4, -0.2) is 52.2 Å². The molecule has 0 atom stereocenters. The molecule has 0 spiro atoms. The largest absolute Gasteiger partial charge is 0.381 e. The average Bonchev–Trinajstić information content (AvgIpc) is 2.61. The van der Waals surface area contributed by atoms with E-state index in [-0.39, 0.29) is 4.90 Å². The first-order chi connectivity index (χ1) is 11.6. The number of likely N-dealkylation sites (tertiary alicyclic amines) is 1. The Hall–Kier alpha value is -1.02. The van der Waals surface area contributed by atoms with Crippen LogP contribution in [0.15, 0.2) is 29.2 Å². The molecule has 1 aromatic carbocycles. The van der Waals surface area contributed by atoms with Crippen molar-refractivity contribution >= 4 is 10.0 Å². The number of nitrogens with zero attached hydrogens (tertiary/aromatic N) is 1. The lowest BCUT2D eigenvalue weighted by Crippen LogP contribution is -2.45. The molecule has 7 heteroatoms. The molecule has 2 fully saturated rings. The van der Waals surface area contributed by atoms with E-state index in [1.807, 2.05) is 0 Å². The molecule has 2 aliphatic rings. The molecule has 24 heavy (non-hydrogen) atoms. The third-order valence-electron chi connectivity index (χ3n) is 5.04. The van der Waals surface area contributed by atoms with E-state index in [1.165, 1.54) is 24.3 Å². The number of halogens is 1. The van der Waals surface area contributed by atoms with Crippen molar-refractivity contribution in [3.05, 3.63) is 30.1 Å². The average molecular weight is 356 g/mol. The fourth-order valence-electron chi connectivity index (χ4n) is 3.54. The minimum Gasteiger partial charge on any atom is -0.381 e. The predicted molar refractivity (Wildman–Crippen MR) is 89.7 cm³/mol. The normalized spacial score (nSPS) is 21.9. The predicted octanol–water partition coefficient (Wildman–Crippen LogP) is 1.99. The summed E-state index contributed by atoms with van der Waals surface area (Å²) >= 11 is 0. The maximum Gasteiger partial charge on any atom is 0.243 e. The Labute approximate surface area is 143 Å². The first-order valence-electron chi connectivity index (χ1n) is 8.62. The summed E-state index contributed by atoms with van der Waals surface area (Å²) in [4.78, 5) is 2.23. The summed E-state index contributed by atoms with van der Waals surface area (Å²) in [6.07, 6.45) is 4.11. The molecular weight excluding hydrogens is 331 g/mol. The van der Waals surface area contributed by atoms with E-state index in [1.54, 1.807) is 0 Å². The van der Waals surface area contributed by atoms with Crippen molar-refractivity contribution in [2.75, 3.05) is 32.8 Å². The van der Waals surface area contributed by atoms with E-state index in [0.717, 1.165) is 52.0 Å². The van der Waals surface area contributed by atoms with Crippen molar-refractivity contribution < 1.29 is 17.5 Å². The van der Waals surface area contributed by atoms with Gasteiger partial charge in [0.1, 0.15) is 10.7 Å². The summed E-state index contributed by atoms with van der Waals surface area (Å²) in [6, 6.07) is 6.09. The molecule has 0 amide bonds. The van der Waals surface area contributed by atoms with Gasteiger partial charge in [-0.15, -0.1) is 0 Å². The molecule has 2 aliphatic heterocycles. The van der Waals surface area contributed by atoms with Gasteiger partial charge in [0.05, 0.1) is 0 Å². The fourth-order valence-corrected chi connectivity index (χ4v) is 4.73. The van der Waals surface area contributed by atoms with Crippen molar-refractivity contribution in [1.82, 2.24) is 9.62 Å². The van der Waals surface area contributed by atoms with Crippen LogP contribution in [0, 0.1) is 11.7 Å². The van der Waals surface area contributed by atoms with Crippen LogP contribution in [-0.2, 0) is 14.8 Å². The van der Waals surface area contributed by atoms with Crippen LogP contribution in [0.3, 0.4) is 0 Å². The highest BCUT2D eigenvalue weighted by Crippen LogP contribution is 2.23. The van der Waals surface area contributed by atoms with E-state index >= 15 is 0 Å². The quantitative estimate of drug-likeness (QED) is 0.877. The van der Waals surface area contributed by atoms with Gasteiger partial charge < -0.3 is 9.64 Å². The zero-order valence-electron chi connectivity index (χ0n) is 13.8. The molecule has 134 valence electrons. The van der Waals surface area contributed by atoms with Crippen molar-refractivity contribution in [1.29, 1.82) is 0 Å². The van der Waals surface area contributed by atoms with E-state index in [0.29, 0.717) is 18.5 Å². The number of hydrogen-bond acceptors (Lipinski definition) is 4. The van der Waals surface area contributed by atoms with Gasteiger partial charge in [-0.3, -0.25) is 0 Å². The number of rotatable bonds is 5. The van der Waals surface area contributed by atoms with Crippen molar-refractivity contribution in [3.8, 4) is 0 Å². The van der Waals surface area contributed by atoms with Crippen molar-refractivity contribution in [2.45, 2.75) is 36.6 Å². The molecule has 2 heterocycles. The molecule has 5 nitrogen and oxygen atoms in total. The summed E-state index contributed by atoms with van der Waals surface area (Å²) in [5, 5.41) is 0. The highest BCUT2D eigenvalue weighted by Gasteiger charge is 2.27. The first-order valence-corrected chi connectivity index (χ1v) is 10.1. The zero-order valence-corrected chi connectivity index (χ0v) is 14.6. The molecule has 2 saturated heterocycles. The van der Waals surface area contributed by atoms with Crippen molar-refractivity contribution in [3.63, 3.8) is 0 Å². The Bertz CT molecular complexity index is 639. The van der Waals surface area contributed by atoms with Crippen LogP contribution in [0.2, 0.25) is 0 Å². The van der Waals surface area contributed by atoms with Gasteiger partial charge in [0.15, 0.2) is 0 Å². The standard InChI is InChI=1S/C17H25FN2O3S/c18-16-3-1-2-4-17(16)24(21,22)19-13-14-5-9-20(10-6-14)15-7-11-23-12-8-15/h1-4,14-15,19H,5-13H2. The Morgan fingerprint density at radius 3 is 2.46 bits per heavy atom. The molecule has 0 aliphatic carbocycles. The Kier molecular flexibility index (Phi) is 5.86. The molecule has 0 bridgehead atoms. The summed E-state index contributed by atoms with van der Waals surface area (Å²) in [6.45, 7) is 4.05. The van der Waals surface area contributed by atoms with Crippen LogP contribution >= 0.6 is 0 Å².